The van der Waals surface area contributed by atoms with Gasteiger partial charge in [0.05, 0.1) is 21.7 Å². The molecule has 33 heavy (non-hydrogen) atoms. The predicted molar refractivity (Wildman–Crippen MR) is 134 cm³/mol. The zero-order valence-corrected chi connectivity index (χ0v) is 20.3. The summed E-state index contributed by atoms with van der Waals surface area (Å²) in [6.45, 7) is 2.29. The van der Waals surface area contributed by atoms with E-state index in [1.54, 1.807) is 40.8 Å². The first-order valence-corrected chi connectivity index (χ1v) is 12.9. The van der Waals surface area contributed by atoms with Crippen LogP contribution in [0.5, 0.6) is 0 Å². The third-order valence-corrected chi connectivity index (χ3v) is 7.51. The number of aryl methyl sites for hydroxylation is 1. The number of thioether (sulfide) groups is 2. The molecule has 2 heterocycles. The van der Waals surface area contributed by atoms with Crippen molar-refractivity contribution in [3.63, 3.8) is 0 Å². The van der Waals surface area contributed by atoms with Crippen LogP contribution in [0.3, 0.4) is 0 Å². The zero-order chi connectivity index (χ0) is 23.2. The van der Waals surface area contributed by atoms with Crippen LogP contribution in [0.2, 0.25) is 0 Å². The first kappa shape index (κ1) is 23.3. The largest absolute Gasteiger partial charge is 0.350 e. The highest BCUT2D eigenvalue weighted by Crippen LogP contribution is 2.32. The van der Waals surface area contributed by atoms with E-state index in [1.807, 2.05) is 54.8 Å². The van der Waals surface area contributed by atoms with Crippen LogP contribution in [0, 0.1) is 6.92 Å². The van der Waals surface area contributed by atoms with Crippen molar-refractivity contribution in [1.82, 2.24) is 15.2 Å². The molecule has 3 aromatic rings. The number of thiazole rings is 1. The highest BCUT2D eigenvalue weighted by atomic mass is 32.2. The third-order valence-electron chi connectivity index (χ3n) is 4.86. The van der Waals surface area contributed by atoms with Gasteiger partial charge in [0.2, 0.25) is 0 Å². The molecule has 0 saturated carbocycles. The Morgan fingerprint density at radius 3 is 2.70 bits per heavy atom. The topological polar surface area (TPSA) is 79.4 Å². The lowest BCUT2D eigenvalue weighted by molar-refractivity contribution is -0.122. The molecule has 1 fully saturated rings. The average molecular weight is 496 g/mol. The van der Waals surface area contributed by atoms with Gasteiger partial charge in [0.1, 0.15) is 0 Å². The molecule has 6 nitrogen and oxygen atoms in total. The number of amides is 3. The molecule has 4 rings (SSSR count). The number of benzene rings is 2. The summed E-state index contributed by atoms with van der Waals surface area (Å²) in [5.41, 5.74) is 5.31. The summed E-state index contributed by atoms with van der Waals surface area (Å²) in [7, 11) is 0. The summed E-state index contributed by atoms with van der Waals surface area (Å²) in [4.78, 5) is 44.5. The minimum Gasteiger partial charge on any atom is -0.350 e. The van der Waals surface area contributed by atoms with E-state index in [-0.39, 0.29) is 30.1 Å². The second-order valence-electron chi connectivity index (χ2n) is 7.26. The molecule has 0 radical (unpaired) electrons. The van der Waals surface area contributed by atoms with Crippen LogP contribution in [0.15, 0.2) is 69.2 Å². The number of nitrogens with one attached hydrogen (secondary N) is 1. The van der Waals surface area contributed by atoms with Gasteiger partial charge in [0, 0.05) is 29.1 Å². The molecule has 1 aliphatic rings. The fourth-order valence-corrected chi connectivity index (χ4v) is 5.61. The molecular formula is C24H21N3O3S3. The fraction of sp³-hybridized carbons (Fsp3) is 0.167. The maximum atomic E-state index is 12.8. The van der Waals surface area contributed by atoms with Crippen LogP contribution in [0.25, 0.3) is 6.08 Å². The molecule has 168 valence electrons. The van der Waals surface area contributed by atoms with Crippen molar-refractivity contribution in [2.24, 2.45) is 0 Å². The van der Waals surface area contributed by atoms with Gasteiger partial charge in [-0.05, 0) is 42.5 Å². The van der Waals surface area contributed by atoms with E-state index in [0.29, 0.717) is 16.2 Å². The number of imide groups is 1. The molecule has 3 amide bonds. The Labute approximate surface area is 204 Å². The van der Waals surface area contributed by atoms with Crippen LogP contribution in [0.4, 0.5) is 4.79 Å². The third kappa shape index (κ3) is 5.93. The van der Waals surface area contributed by atoms with Gasteiger partial charge in [0.15, 0.2) is 0 Å². The average Bonchev–Trinajstić information content (AvgIpc) is 3.43. The molecule has 0 spiro atoms. The monoisotopic (exact) mass is 495 g/mol. The number of aromatic nitrogens is 1. The summed E-state index contributed by atoms with van der Waals surface area (Å²) >= 11 is 4.01. The van der Waals surface area contributed by atoms with Gasteiger partial charge in [-0.25, -0.2) is 4.98 Å². The Balaban J connectivity index is 1.34. The van der Waals surface area contributed by atoms with E-state index in [2.05, 4.69) is 10.3 Å². The molecule has 2 aromatic carbocycles. The van der Waals surface area contributed by atoms with Crippen molar-refractivity contribution >= 4 is 58.0 Å². The number of rotatable bonds is 8. The van der Waals surface area contributed by atoms with Gasteiger partial charge in [-0.1, -0.05) is 42.0 Å². The summed E-state index contributed by atoms with van der Waals surface area (Å²) in [6, 6.07) is 15.1. The van der Waals surface area contributed by atoms with Crippen LogP contribution in [-0.2, 0) is 10.5 Å². The standard InChI is InChI=1S/C24H21N3O3S3/c1-16-6-8-17(9-7-16)12-21-23(29)27(24(30)33-21)11-10-25-22(28)19-4-2-3-5-20(19)32-14-18-13-31-15-26-18/h2-9,12-13,15H,10-11,14H2,1H3,(H,25,28)/b21-12-. The molecule has 0 atom stereocenters. The summed E-state index contributed by atoms with van der Waals surface area (Å²) in [6.07, 6.45) is 1.72. The van der Waals surface area contributed by atoms with Gasteiger partial charge >= 0.3 is 0 Å². The van der Waals surface area contributed by atoms with E-state index in [4.69, 9.17) is 0 Å². The highest BCUT2D eigenvalue weighted by molar-refractivity contribution is 8.18. The van der Waals surface area contributed by atoms with E-state index in [9.17, 15) is 14.4 Å². The highest BCUT2D eigenvalue weighted by Gasteiger charge is 2.34. The van der Waals surface area contributed by atoms with Crippen LogP contribution >= 0.6 is 34.9 Å². The first-order valence-electron chi connectivity index (χ1n) is 10.2. The van der Waals surface area contributed by atoms with E-state index in [0.717, 1.165) is 33.5 Å². The number of carbonyl (C=O) groups is 3. The Morgan fingerprint density at radius 2 is 1.94 bits per heavy atom. The number of hydrogen-bond donors (Lipinski definition) is 1. The van der Waals surface area contributed by atoms with E-state index in [1.165, 1.54) is 4.90 Å². The molecule has 0 unspecified atom stereocenters. The van der Waals surface area contributed by atoms with Gasteiger partial charge in [-0.3, -0.25) is 19.3 Å². The Kier molecular flexibility index (Phi) is 7.64. The normalized spacial score (nSPS) is 14.8. The lowest BCUT2D eigenvalue weighted by atomic mass is 10.1. The predicted octanol–water partition coefficient (Wildman–Crippen LogP) is 5.21. The number of hydrogen-bond acceptors (Lipinski definition) is 7. The lowest BCUT2D eigenvalue weighted by Crippen LogP contribution is -2.37. The van der Waals surface area contributed by atoms with Gasteiger partial charge in [0.25, 0.3) is 17.1 Å². The van der Waals surface area contributed by atoms with Crippen molar-refractivity contribution in [3.05, 3.63) is 86.7 Å². The second kappa shape index (κ2) is 10.8. The van der Waals surface area contributed by atoms with Gasteiger partial charge in [-0.2, -0.15) is 0 Å². The van der Waals surface area contributed by atoms with E-state index >= 15 is 0 Å². The molecule has 1 aromatic heterocycles. The van der Waals surface area contributed by atoms with Gasteiger partial charge in [-0.15, -0.1) is 23.1 Å². The Hall–Kier alpha value is -2.88. The number of carbonyl (C=O) groups excluding carboxylic acids is 3. The summed E-state index contributed by atoms with van der Waals surface area (Å²) in [5.74, 6) is 0.107. The Bertz CT molecular complexity index is 1190. The van der Waals surface area contributed by atoms with E-state index < -0.39 is 0 Å². The van der Waals surface area contributed by atoms with Gasteiger partial charge < -0.3 is 5.32 Å². The zero-order valence-electron chi connectivity index (χ0n) is 17.8. The summed E-state index contributed by atoms with van der Waals surface area (Å²) in [5, 5.41) is 4.49. The van der Waals surface area contributed by atoms with Crippen molar-refractivity contribution in [1.29, 1.82) is 0 Å². The SMILES string of the molecule is Cc1ccc(/C=C2\SC(=O)N(CCNC(=O)c3ccccc3SCc3cscn3)C2=O)cc1. The minimum absolute atomic E-state index is 0.121. The van der Waals surface area contributed by atoms with Crippen LogP contribution in [-0.4, -0.2) is 40.0 Å². The molecular weight excluding hydrogens is 474 g/mol. The maximum Gasteiger partial charge on any atom is 0.293 e. The lowest BCUT2D eigenvalue weighted by Gasteiger charge is -2.14. The first-order chi connectivity index (χ1) is 16.0. The molecule has 1 aliphatic heterocycles. The molecule has 1 saturated heterocycles. The maximum absolute atomic E-state index is 12.8. The molecule has 1 N–H and O–H groups in total. The minimum atomic E-state index is -0.334. The van der Waals surface area contributed by atoms with Crippen LogP contribution in [0.1, 0.15) is 27.2 Å². The Morgan fingerprint density at radius 1 is 1.15 bits per heavy atom. The number of nitrogens with zero attached hydrogens (tertiary/aromatic N) is 2. The molecule has 0 bridgehead atoms. The van der Waals surface area contributed by atoms with Crippen molar-refractivity contribution in [3.8, 4) is 0 Å². The van der Waals surface area contributed by atoms with Crippen molar-refractivity contribution in [2.45, 2.75) is 17.6 Å². The van der Waals surface area contributed by atoms with Crippen molar-refractivity contribution in [2.75, 3.05) is 13.1 Å². The second-order valence-corrected chi connectivity index (χ2v) is 9.99. The fourth-order valence-electron chi connectivity index (χ4n) is 3.12. The summed E-state index contributed by atoms with van der Waals surface area (Å²) < 4.78 is 0. The van der Waals surface area contributed by atoms with Crippen molar-refractivity contribution < 1.29 is 14.4 Å². The quantitative estimate of drug-likeness (QED) is 0.341. The van der Waals surface area contributed by atoms with Crippen LogP contribution < -0.4 is 5.32 Å². The molecule has 0 aliphatic carbocycles. The molecule has 9 heteroatoms. The smallest absolute Gasteiger partial charge is 0.293 e.